The lowest BCUT2D eigenvalue weighted by atomic mass is 9.91. The lowest BCUT2D eigenvalue weighted by Gasteiger charge is -2.32. The van der Waals surface area contributed by atoms with Crippen LogP contribution in [0.3, 0.4) is 0 Å². The summed E-state index contributed by atoms with van der Waals surface area (Å²) in [4.78, 5) is 18.7. The summed E-state index contributed by atoms with van der Waals surface area (Å²) in [5, 5.41) is 7.15. The summed E-state index contributed by atoms with van der Waals surface area (Å²) in [7, 11) is -3.01. The van der Waals surface area contributed by atoms with E-state index in [-0.39, 0.29) is 23.6 Å². The minimum Gasteiger partial charge on any atom is -0.324 e. The van der Waals surface area contributed by atoms with Crippen molar-refractivity contribution in [3.8, 4) is 0 Å². The van der Waals surface area contributed by atoms with Crippen molar-refractivity contribution in [2.75, 3.05) is 29.9 Å². The van der Waals surface area contributed by atoms with E-state index < -0.39 is 9.84 Å². The molecule has 2 aliphatic rings. The number of anilines is 1. The van der Waals surface area contributed by atoms with E-state index in [1.165, 1.54) is 5.56 Å². The number of urea groups is 1. The van der Waals surface area contributed by atoms with Crippen molar-refractivity contribution in [3.05, 3.63) is 42.4 Å². The number of carbonyl (C=O) groups excluding carboxylic acids is 1. The topological polar surface area (TPSA) is 97.2 Å². The number of likely N-dealkylation sites (tertiary alicyclic amines) is 1. The van der Waals surface area contributed by atoms with Crippen LogP contribution in [0, 0.1) is 5.92 Å². The third-order valence-corrected chi connectivity index (χ3v) is 7.36. The first kappa shape index (κ1) is 18.9. The van der Waals surface area contributed by atoms with Gasteiger partial charge in [0, 0.05) is 31.5 Å². The lowest BCUT2D eigenvalue weighted by Crippen LogP contribution is -2.41. The Balaban J connectivity index is 1.31. The molecule has 0 bridgehead atoms. The van der Waals surface area contributed by atoms with Gasteiger partial charge in [0.25, 0.3) is 0 Å². The van der Waals surface area contributed by atoms with Crippen molar-refractivity contribution in [1.29, 1.82) is 0 Å². The minimum absolute atomic E-state index is 0.0806. The number of pyridine rings is 1. The van der Waals surface area contributed by atoms with Crippen LogP contribution in [0.1, 0.15) is 30.9 Å². The van der Waals surface area contributed by atoms with Gasteiger partial charge >= 0.3 is 6.03 Å². The number of carbonyl (C=O) groups is 1. The van der Waals surface area contributed by atoms with Gasteiger partial charge in [0.1, 0.15) is 5.82 Å². The van der Waals surface area contributed by atoms with Gasteiger partial charge in [-0.15, -0.1) is 0 Å². The first-order valence-electron chi connectivity index (χ1n) is 9.69. The van der Waals surface area contributed by atoms with Gasteiger partial charge in [0.05, 0.1) is 23.7 Å². The molecule has 0 spiro atoms. The zero-order valence-electron chi connectivity index (χ0n) is 15.7. The Bertz CT molecular complexity index is 920. The molecule has 8 nitrogen and oxygen atoms in total. The highest BCUT2D eigenvalue weighted by atomic mass is 32.2. The predicted molar refractivity (Wildman–Crippen MR) is 106 cm³/mol. The third-order valence-electron chi connectivity index (χ3n) is 5.61. The maximum atomic E-state index is 12.7. The Hall–Kier alpha value is -2.42. The summed E-state index contributed by atoms with van der Waals surface area (Å²) < 4.78 is 25.1. The normalized spacial score (nSPS) is 22.3. The van der Waals surface area contributed by atoms with E-state index in [1.54, 1.807) is 23.1 Å². The Kier molecular flexibility index (Phi) is 5.34. The summed E-state index contributed by atoms with van der Waals surface area (Å²) in [6.45, 7) is 1.42. The molecule has 2 saturated heterocycles. The first-order valence-corrected chi connectivity index (χ1v) is 11.5. The van der Waals surface area contributed by atoms with E-state index in [9.17, 15) is 13.2 Å². The molecule has 2 aromatic heterocycles. The summed E-state index contributed by atoms with van der Waals surface area (Å²) in [6.07, 6.45) is 8.73. The summed E-state index contributed by atoms with van der Waals surface area (Å²) in [5.41, 5.74) is 1.24. The molecule has 150 valence electrons. The molecule has 2 aromatic rings. The van der Waals surface area contributed by atoms with E-state index in [1.807, 2.05) is 17.2 Å². The maximum Gasteiger partial charge on any atom is 0.322 e. The maximum absolute atomic E-state index is 12.7. The molecule has 1 atom stereocenters. The molecule has 2 fully saturated rings. The molecule has 2 amide bonds. The fourth-order valence-corrected chi connectivity index (χ4v) is 5.75. The van der Waals surface area contributed by atoms with Crippen LogP contribution in [0.2, 0.25) is 0 Å². The van der Waals surface area contributed by atoms with Gasteiger partial charge in [-0.25, -0.2) is 17.9 Å². The van der Waals surface area contributed by atoms with Crippen LogP contribution in [-0.2, 0) is 16.3 Å². The number of piperidine rings is 1. The van der Waals surface area contributed by atoms with Crippen LogP contribution in [-0.4, -0.2) is 58.7 Å². The van der Waals surface area contributed by atoms with E-state index in [0.29, 0.717) is 31.2 Å². The number of amides is 2. The van der Waals surface area contributed by atoms with Crippen LogP contribution in [0.5, 0.6) is 0 Å². The Morgan fingerprint density at radius 2 is 2.00 bits per heavy atom. The second-order valence-electron chi connectivity index (χ2n) is 7.64. The fourth-order valence-electron chi connectivity index (χ4n) is 4.05. The van der Waals surface area contributed by atoms with E-state index in [4.69, 9.17) is 0 Å². The molecule has 1 unspecified atom stereocenters. The second-order valence-corrected chi connectivity index (χ2v) is 9.87. The van der Waals surface area contributed by atoms with Crippen molar-refractivity contribution in [2.45, 2.75) is 31.7 Å². The van der Waals surface area contributed by atoms with Gasteiger partial charge in [0.2, 0.25) is 0 Å². The highest BCUT2D eigenvalue weighted by Crippen LogP contribution is 2.27. The molecular weight excluding hydrogens is 378 g/mol. The lowest BCUT2D eigenvalue weighted by molar-refractivity contribution is 0.182. The zero-order valence-corrected chi connectivity index (χ0v) is 16.5. The molecule has 0 radical (unpaired) electrons. The fraction of sp³-hybridized carbons (Fsp3) is 0.526. The second kappa shape index (κ2) is 7.90. The molecule has 1 N–H and O–H groups in total. The highest BCUT2D eigenvalue weighted by Gasteiger charge is 2.31. The van der Waals surface area contributed by atoms with Crippen LogP contribution in [0.15, 0.2) is 36.8 Å². The third kappa shape index (κ3) is 4.35. The molecule has 0 saturated carbocycles. The molecule has 0 aliphatic carbocycles. The van der Waals surface area contributed by atoms with Gasteiger partial charge in [-0.3, -0.25) is 10.3 Å². The number of hydrogen-bond acceptors (Lipinski definition) is 5. The number of nitrogens with zero attached hydrogens (tertiary/aromatic N) is 4. The van der Waals surface area contributed by atoms with Crippen molar-refractivity contribution < 1.29 is 13.2 Å². The average molecular weight is 404 g/mol. The summed E-state index contributed by atoms with van der Waals surface area (Å²) in [6, 6.07) is 5.41. The van der Waals surface area contributed by atoms with E-state index in [2.05, 4.69) is 21.5 Å². The van der Waals surface area contributed by atoms with Gasteiger partial charge < -0.3 is 4.90 Å². The number of hydrogen-bond donors (Lipinski definition) is 1. The van der Waals surface area contributed by atoms with Gasteiger partial charge in [-0.05, 0) is 43.2 Å². The Morgan fingerprint density at radius 3 is 2.68 bits per heavy atom. The molecule has 4 heterocycles. The van der Waals surface area contributed by atoms with Crippen molar-refractivity contribution in [3.63, 3.8) is 0 Å². The van der Waals surface area contributed by atoms with Crippen LogP contribution >= 0.6 is 0 Å². The van der Waals surface area contributed by atoms with E-state index >= 15 is 0 Å². The van der Waals surface area contributed by atoms with Crippen LogP contribution in [0.4, 0.5) is 10.6 Å². The largest absolute Gasteiger partial charge is 0.324 e. The monoisotopic (exact) mass is 403 g/mol. The quantitative estimate of drug-likeness (QED) is 0.843. The molecule has 2 aliphatic heterocycles. The average Bonchev–Trinajstić information content (AvgIpc) is 3.29. The van der Waals surface area contributed by atoms with Crippen molar-refractivity contribution >= 4 is 21.7 Å². The predicted octanol–water partition coefficient (Wildman–Crippen LogP) is 2.12. The Morgan fingerprint density at radius 1 is 1.18 bits per heavy atom. The molecule has 0 aromatic carbocycles. The van der Waals surface area contributed by atoms with Gasteiger partial charge in [0.15, 0.2) is 9.84 Å². The smallest absolute Gasteiger partial charge is 0.322 e. The van der Waals surface area contributed by atoms with Gasteiger partial charge in [-0.1, -0.05) is 6.07 Å². The van der Waals surface area contributed by atoms with Crippen LogP contribution in [0.25, 0.3) is 0 Å². The molecule has 4 rings (SSSR count). The number of aromatic nitrogens is 3. The zero-order chi connectivity index (χ0) is 19.6. The number of rotatable bonds is 4. The molecule has 9 heteroatoms. The standard InChI is InChI=1S/C19H25N5O3S/c25-19(22-18-3-8-21-24(18)17-6-11-28(26,27)14-17)23-9-4-15(5-10-23)12-16-2-1-7-20-13-16/h1-3,7-8,13,15,17H,4-6,9-12,14H2,(H,22,25). The number of sulfone groups is 1. The summed E-state index contributed by atoms with van der Waals surface area (Å²) >= 11 is 0. The van der Waals surface area contributed by atoms with Crippen molar-refractivity contribution in [2.24, 2.45) is 5.92 Å². The van der Waals surface area contributed by atoms with Gasteiger partial charge in [-0.2, -0.15) is 5.10 Å². The highest BCUT2D eigenvalue weighted by molar-refractivity contribution is 7.91. The number of nitrogens with one attached hydrogen (secondary N) is 1. The first-order chi connectivity index (χ1) is 13.5. The SMILES string of the molecule is O=C(Nc1ccnn1C1CCS(=O)(=O)C1)N1CCC(Cc2cccnc2)CC1. The summed E-state index contributed by atoms with van der Waals surface area (Å²) in [5.74, 6) is 1.37. The molecule has 28 heavy (non-hydrogen) atoms. The van der Waals surface area contributed by atoms with Crippen molar-refractivity contribution in [1.82, 2.24) is 19.7 Å². The van der Waals surface area contributed by atoms with E-state index in [0.717, 1.165) is 19.3 Å². The van der Waals surface area contributed by atoms with Crippen LogP contribution < -0.4 is 5.32 Å². The Labute approximate surface area is 164 Å². The minimum atomic E-state index is -3.01. The molecular formula is C19H25N5O3S.